The smallest absolute Gasteiger partial charge is 0.328 e. The SMILES string of the molecule is Cc1[nH]cnc1CC1CCc2c(c3ccccc3n2C)C1.O=C(O)/C=C\C(=O)O. The minimum Gasteiger partial charge on any atom is -0.478 e. The molecule has 1 unspecified atom stereocenters. The third-order valence-electron chi connectivity index (χ3n) is 5.41. The van der Waals surface area contributed by atoms with Gasteiger partial charge >= 0.3 is 11.9 Å². The number of aromatic amines is 1. The molecule has 2 heterocycles. The van der Waals surface area contributed by atoms with Crippen molar-refractivity contribution in [2.24, 2.45) is 13.0 Å². The molecule has 29 heavy (non-hydrogen) atoms. The highest BCUT2D eigenvalue weighted by molar-refractivity contribution is 5.89. The third-order valence-corrected chi connectivity index (χ3v) is 5.41. The van der Waals surface area contributed by atoms with E-state index in [2.05, 4.69) is 52.8 Å². The Morgan fingerprint density at radius 2 is 1.93 bits per heavy atom. The minimum absolute atomic E-state index is 0.558. The molecule has 1 aromatic carbocycles. The highest BCUT2D eigenvalue weighted by atomic mass is 16.4. The number of nitrogens with zero attached hydrogens (tertiary/aromatic N) is 2. The first-order valence-corrected chi connectivity index (χ1v) is 9.54. The van der Waals surface area contributed by atoms with Gasteiger partial charge in [0.25, 0.3) is 0 Å². The normalized spacial score (nSPS) is 15.7. The van der Waals surface area contributed by atoms with E-state index in [0.29, 0.717) is 18.1 Å². The van der Waals surface area contributed by atoms with E-state index < -0.39 is 11.9 Å². The van der Waals surface area contributed by atoms with Crippen LogP contribution in [-0.2, 0) is 35.9 Å². The highest BCUT2D eigenvalue weighted by Gasteiger charge is 2.25. The third kappa shape index (κ3) is 4.74. The summed E-state index contributed by atoms with van der Waals surface area (Å²) in [4.78, 5) is 26.8. The molecule has 0 amide bonds. The van der Waals surface area contributed by atoms with Crippen LogP contribution in [0.25, 0.3) is 10.9 Å². The summed E-state index contributed by atoms with van der Waals surface area (Å²) in [6, 6.07) is 8.80. The monoisotopic (exact) mass is 395 g/mol. The zero-order valence-electron chi connectivity index (χ0n) is 16.6. The topological polar surface area (TPSA) is 108 Å². The fourth-order valence-electron chi connectivity index (χ4n) is 3.99. The maximum atomic E-state index is 9.55. The zero-order chi connectivity index (χ0) is 21.0. The number of aryl methyl sites for hydroxylation is 2. The van der Waals surface area contributed by atoms with Crippen LogP contribution in [0.15, 0.2) is 42.7 Å². The van der Waals surface area contributed by atoms with Crippen molar-refractivity contribution in [3.05, 3.63) is 65.4 Å². The van der Waals surface area contributed by atoms with Gasteiger partial charge in [-0.15, -0.1) is 0 Å². The van der Waals surface area contributed by atoms with E-state index in [4.69, 9.17) is 10.2 Å². The molecule has 0 fully saturated rings. The maximum Gasteiger partial charge on any atom is 0.328 e. The number of para-hydroxylation sites is 1. The Labute approximate surface area is 168 Å². The van der Waals surface area contributed by atoms with Crippen molar-refractivity contribution < 1.29 is 19.8 Å². The van der Waals surface area contributed by atoms with Crippen LogP contribution in [0.2, 0.25) is 0 Å². The molecule has 1 atom stereocenters. The molecular formula is C22H25N3O4. The van der Waals surface area contributed by atoms with Gasteiger partial charge in [0.05, 0.1) is 12.0 Å². The standard InChI is InChI=1S/C18H21N3.C4H4O4/c1-12-16(20-11-19-12)10-13-7-8-18-15(9-13)14-5-3-4-6-17(14)21(18)2;5-3(6)1-2-4(7)8/h3-6,11,13H,7-10H2,1-2H3,(H,19,20);1-2H,(H,5,6)(H,7,8)/b;2-1-. The molecule has 152 valence electrons. The highest BCUT2D eigenvalue weighted by Crippen LogP contribution is 2.34. The van der Waals surface area contributed by atoms with E-state index >= 15 is 0 Å². The largest absolute Gasteiger partial charge is 0.478 e. The van der Waals surface area contributed by atoms with E-state index in [9.17, 15) is 9.59 Å². The second-order valence-electron chi connectivity index (χ2n) is 7.30. The van der Waals surface area contributed by atoms with E-state index in [1.165, 1.54) is 47.2 Å². The average molecular weight is 395 g/mol. The van der Waals surface area contributed by atoms with Gasteiger partial charge in [0.1, 0.15) is 0 Å². The number of H-pyrrole nitrogens is 1. The van der Waals surface area contributed by atoms with Crippen LogP contribution in [0.1, 0.15) is 29.1 Å². The van der Waals surface area contributed by atoms with Crippen molar-refractivity contribution in [3.63, 3.8) is 0 Å². The Hall–Kier alpha value is -3.35. The van der Waals surface area contributed by atoms with Crippen LogP contribution < -0.4 is 0 Å². The predicted molar refractivity (Wildman–Crippen MR) is 110 cm³/mol. The number of imidazole rings is 1. The Morgan fingerprint density at radius 1 is 1.24 bits per heavy atom. The number of carbonyl (C=O) groups is 2. The van der Waals surface area contributed by atoms with Crippen LogP contribution in [0.3, 0.4) is 0 Å². The summed E-state index contributed by atoms with van der Waals surface area (Å²) in [7, 11) is 2.21. The average Bonchev–Trinajstić information content (AvgIpc) is 3.22. The molecule has 3 N–H and O–H groups in total. The summed E-state index contributed by atoms with van der Waals surface area (Å²) in [5.74, 6) is -1.80. The van der Waals surface area contributed by atoms with Crippen molar-refractivity contribution in [3.8, 4) is 0 Å². The molecular weight excluding hydrogens is 370 g/mol. The first kappa shape index (κ1) is 20.4. The minimum atomic E-state index is -1.26. The number of benzene rings is 1. The predicted octanol–water partition coefficient (Wildman–Crippen LogP) is 3.27. The van der Waals surface area contributed by atoms with Crippen LogP contribution in [0.5, 0.6) is 0 Å². The van der Waals surface area contributed by atoms with Gasteiger partial charge in [0.2, 0.25) is 0 Å². The zero-order valence-corrected chi connectivity index (χ0v) is 16.6. The molecule has 0 bridgehead atoms. The number of hydrogen-bond acceptors (Lipinski definition) is 3. The molecule has 0 saturated heterocycles. The van der Waals surface area contributed by atoms with Crippen molar-refractivity contribution in [1.82, 2.24) is 14.5 Å². The Kier molecular flexibility index (Phi) is 6.16. The molecule has 0 saturated carbocycles. The lowest BCUT2D eigenvalue weighted by molar-refractivity contribution is -0.134. The van der Waals surface area contributed by atoms with Gasteiger partial charge in [-0.05, 0) is 50.2 Å². The van der Waals surface area contributed by atoms with Gasteiger partial charge in [-0.2, -0.15) is 0 Å². The Bertz CT molecular complexity index is 1050. The van der Waals surface area contributed by atoms with Crippen LogP contribution in [-0.4, -0.2) is 36.7 Å². The first-order valence-electron chi connectivity index (χ1n) is 9.54. The lowest BCUT2D eigenvalue weighted by Gasteiger charge is -2.23. The van der Waals surface area contributed by atoms with Gasteiger partial charge in [-0.25, -0.2) is 14.6 Å². The summed E-state index contributed by atoms with van der Waals surface area (Å²) in [6.07, 6.45) is 7.67. The summed E-state index contributed by atoms with van der Waals surface area (Å²) in [5.41, 5.74) is 6.94. The Morgan fingerprint density at radius 3 is 2.55 bits per heavy atom. The summed E-state index contributed by atoms with van der Waals surface area (Å²) < 4.78 is 2.39. The molecule has 7 nitrogen and oxygen atoms in total. The fourth-order valence-corrected chi connectivity index (χ4v) is 3.99. The second kappa shape index (κ2) is 8.77. The van der Waals surface area contributed by atoms with Crippen LogP contribution >= 0.6 is 0 Å². The number of rotatable bonds is 4. The van der Waals surface area contributed by atoms with Crippen molar-refractivity contribution in [2.45, 2.75) is 32.6 Å². The van der Waals surface area contributed by atoms with Gasteiger partial charge in [0.15, 0.2) is 0 Å². The van der Waals surface area contributed by atoms with E-state index in [0.717, 1.165) is 6.42 Å². The van der Waals surface area contributed by atoms with Crippen LogP contribution in [0.4, 0.5) is 0 Å². The number of carboxylic acids is 2. The second-order valence-corrected chi connectivity index (χ2v) is 7.30. The summed E-state index contributed by atoms with van der Waals surface area (Å²) in [6.45, 7) is 2.12. The van der Waals surface area contributed by atoms with Crippen molar-refractivity contribution in [2.75, 3.05) is 0 Å². The van der Waals surface area contributed by atoms with Crippen molar-refractivity contribution in [1.29, 1.82) is 0 Å². The number of aromatic nitrogens is 3. The van der Waals surface area contributed by atoms with Crippen LogP contribution in [0, 0.1) is 12.8 Å². The van der Waals surface area contributed by atoms with Crippen molar-refractivity contribution >= 4 is 22.8 Å². The first-order chi connectivity index (χ1) is 13.9. The molecule has 0 aliphatic heterocycles. The van der Waals surface area contributed by atoms with Gasteiger partial charge in [0, 0.05) is 41.5 Å². The summed E-state index contributed by atoms with van der Waals surface area (Å²) in [5, 5.41) is 17.1. The molecule has 1 aliphatic carbocycles. The number of carboxylic acid groups (broad SMARTS) is 2. The van der Waals surface area contributed by atoms with Gasteiger partial charge in [-0.1, -0.05) is 18.2 Å². The molecule has 0 spiro atoms. The number of hydrogen-bond donors (Lipinski definition) is 3. The lowest BCUT2D eigenvalue weighted by atomic mass is 9.83. The molecule has 7 heteroatoms. The summed E-state index contributed by atoms with van der Waals surface area (Å²) >= 11 is 0. The molecule has 4 rings (SSSR count). The Balaban J connectivity index is 0.000000258. The number of aliphatic carboxylic acids is 2. The quantitative estimate of drug-likeness (QED) is 0.588. The molecule has 2 aromatic heterocycles. The maximum absolute atomic E-state index is 9.55. The van der Waals surface area contributed by atoms with E-state index in [-0.39, 0.29) is 0 Å². The lowest BCUT2D eigenvalue weighted by Crippen LogP contribution is -2.17. The van der Waals surface area contributed by atoms with Gasteiger partial charge < -0.3 is 19.8 Å². The van der Waals surface area contributed by atoms with Gasteiger partial charge in [-0.3, -0.25) is 0 Å². The number of nitrogens with one attached hydrogen (secondary N) is 1. The van der Waals surface area contributed by atoms with E-state index in [1.807, 2.05) is 6.33 Å². The molecule has 3 aromatic rings. The molecule has 1 aliphatic rings. The number of fused-ring (bicyclic) bond motifs is 3. The van der Waals surface area contributed by atoms with E-state index in [1.54, 1.807) is 5.56 Å². The fraction of sp³-hybridized carbons (Fsp3) is 0.318. The molecule has 0 radical (unpaired) electrons.